The second kappa shape index (κ2) is 8.53. The minimum atomic E-state index is -0.108. The van der Waals surface area contributed by atoms with Gasteiger partial charge >= 0.3 is 0 Å². The number of para-hydroxylation sites is 1. The summed E-state index contributed by atoms with van der Waals surface area (Å²) in [7, 11) is 0. The molecule has 1 aliphatic rings. The summed E-state index contributed by atoms with van der Waals surface area (Å²) in [6.45, 7) is 3.42. The SMILES string of the molecule is CCCNC(=O)CNc1ccccc1C(=O)N1CCCC1CO. The molecule has 1 atom stereocenters. The summed E-state index contributed by atoms with van der Waals surface area (Å²) < 4.78 is 0. The fourth-order valence-corrected chi connectivity index (χ4v) is 2.77. The van der Waals surface area contributed by atoms with Crippen LogP contribution in [0.2, 0.25) is 0 Å². The number of benzene rings is 1. The molecule has 2 rings (SSSR count). The first-order valence-corrected chi connectivity index (χ1v) is 8.18. The zero-order valence-electron chi connectivity index (χ0n) is 13.5. The molecule has 1 heterocycles. The average Bonchev–Trinajstić information content (AvgIpc) is 3.06. The minimum Gasteiger partial charge on any atom is -0.394 e. The van der Waals surface area contributed by atoms with E-state index < -0.39 is 0 Å². The topological polar surface area (TPSA) is 81.7 Å². The van der Waals surface area contributed by atoms with Gasteiger partial charge in [-0.15, -0.1) is 0 Å². The van der Waals surface area contributed by atoms with Gasteiger partial charge in [0.05, 0.1) is 24.8 Å². The van der Waals surface area contributed by atoms with Gasteiger partial charge in [0.25, 0.3) is 5.91 Å². The number of likely N-dealkylation sites (tertiary alicyclic amines) is 1. The Morgan fingerprint density at radius 1 is 1.35 bits per heavy atom. The lowest BCUT2D eigenvalue weighted by Crippen LogP contribution is -2.38. The van der Waals surface area contributed by atoms with Crippen molar-refractivity contribution in [3.63, 3.8) is 0 Å². The Morgan fingerprint density at radius 3 is 2.87 bits per heavy atom. The molecule has 126 valence electrons. The van der Waals surface area contributed by atoms with E-state index in [1.54, 1.807) is 23.1 Å². The normalized spacial score (nSPS) is 17.1. The zero-order valence-corrected chi connectivity index (χ0v) is 13.5. The highest BCUT2D eigenvalue weighted by molar-refractivity contribution is 6.00. The first-order chi connectivity index (χ1) is 11.2. The van der Waals surface area contributed by atoms with Gasteiger partial charge in [-0.2, -0.15) is 0 Å². The van der Waals surface area contributed by atoms with Crippen molar-refractivity contribution in [3.8, 4) is 0 Å². The molecule has 23 heavy (non-hydrogen) atoms. The molecule has 1 saturated heterocycles. The Morgan fingerprint density at radius 2 is 2.13 bits per heavy atom. The van der Waals surface area contributed by atoms with Gasteiger partial charge in [-0.1, -0.05) is 19.1 Å². The summed E-state index contributed by atoms with van der Waals surface area (Å²) in [4.78, 5) is 26.2. The van der Waals surface area contributed by atoms with Crippen LogP contribution in [0.1, 0.15) is 36.5 Å². The van der Waals surface area contributed by atoms with Crippen LogP contribution < -0.4 is 10.6 Å². The van der Waals surface area contributed by atoms with Gasteiger partial charge in [-0.25, -0.2) is 0 Å². The molecule has 0 aliphatic carbocycles. The van der Waals surface area contributed by atoms with Gasteiger partial charge in [0.15, 0.2) is 0 Å². The van der Waals surface area contributed by atoms with Crippen molar-refractivity contribution < 1.29 is 14.7 Å². The Balaban J connectivity index is 2.05. The molecular formula is C17H25N3O3. The van der Waals surface area contributed by atoms with E-state index in [0.29, 0.717) is 24.3 Å². The highest BCUT2D eigenvalue weighted by Gasteiger charge is 2.29. The molecule has 0 saturated carbocycles. The molecule has 6 nitrogen and oxygen atoms in total. The highest BCUT2D eigenvalue weighted by atomic mass is 16.3. The minimum absolute atomic E-state index is 0.0131. The number of nitrogens with zero attached hydrogens (tertiary/aromatic N) is 1. The standard InChI is InChI=1S/C17H25N3O3/c1-2-9-18-16(22)11-19-15-8-4-3-7-14(15)17(23)20-10-5-6-13(20)12-21/h3-4,7-8,13,19,21H,2,5-6,9-12H2,1H3,(H,18,22). The van der Waals surface area contributed by atoms with Crippen LogP contribution in [0, 0.1) is 0 Å². The molecule has 0 radical (unpaired) electrons. The van der Waals surface area contributed by atoms with Gasteiger partial charge < -0.3 is 20.6 Å². The van der Waals surface area contributed by atoms with Crippen molar-refractivity contribution in [2.24, 2.45) is 0 Å². The van der Waals surface area contributed by atoms with Crippen LogP contribution in [0.3, 0.4) is 0 Å². The van der Waals surface area contributed by atoms with Crippen molar-refractivity contribution in [1.82, 2.24) is 10.2 Å². The molecule has 1 unspecified atom stereocenters. The van der Waals surface area contributed by atoms with E-state index in [1.807, 2.05) is 13.0 Å². The molecule has 0 spiro atoms. The van der Waals surface area contributed by atoms with E-state index in [-0.39, 0.29) is 31.0 Å². The van der Waals surface area contributed by atoms with Crippen LogP contribution in [-0.4, -0.2) is 54.1 Å². The predicted molar refractivity (Wildman–Crippen MR) is 89.4 cm³/mol. The van der Waals surface area contributed by atoms with E-state index in [4.69, 9.17) is 0 Å². The third-order valence-electron chi connectivity index (χ3n) is 4.02. The van der Waals surface area contributed by atoms with Crippen LogP contribution in [-0.2, 0) is 4.79 Å². The number of aliphatic hydroxyl groups excluding tert-OH is 1. The van der Waals surface area contributed by atoms with Gasteiger partial charge in [-0.3, -0.25) is 9.59 Å². The maximum absolute atomic E-state index is 12.7. The van der Waals surface area contributed by atoms with E-state index in [9.17, 15) is 14.7 Å². The summed E-state index contributed by atoms with van der Waals surface area (Å²) in [5, 5.41) is 15.2. The quantitative estimate of drug-likeness (QED) is 0.706. The van der Waals surface area contributed by atoms with Crippen molar-refractivity contribution in [2.75, 3.05) is 31.6 Å². The van der Waals surface area contributed by atoms with Gasteiger partial charge in [-0.05, 0) is 31.4 Å². The molecule has 1 aromatic rings. The van der Waals surface area contributed by atoms with Gasteiger partial charge in [0, 0.05) is 18.8 Å². The molecule has 0 aromatic heterocycles. The Labute approximate surface area is 136 Å². The number of aliphatic hydroxyl groups is 1. The lowest BCUT2D eigenvalue weighted by Gasteiger charge is -2.24. The van der Waals surface area contributed by atoms with Crippen molar-refractivity contribution in [2.45, 2.75) is 32.2 Å². The summed E-state index contributed by atoms with van der Waals surface area (Å²) in [6.07, 6.45) is 2.63. The third-order valence-corrected chi connectivity index (χ3v) is 4.02. The van der Waals surface area contributed by atoms with E-state index in [1.165, 1.54) is 0 Å². The van der Waals surface area contributed by atoms with E-state index >= 15 is 0 Å². The number of anilines is 1. The van der Waals surface area contributed by atoms with Crippen LogP contribution in [0.15, 0.2) is 24.3 Å². The molecule has 6 heteroatoms. The van der Waals surface area contributed by atoms with E-state index in [2.05, 4.69) is 10.6 Å². The van der Waals surface area contributed by atoms with Crippen LogP contribution in [0.4, 0.5) is 5.69 Å². The van der Waals surface area contributed by atoms with Gasteiger partial charge in [0.1, 0.15) is 0 Å². The molecular weight excluding hydrogens is 294 g/mol. The fourth-order valence-electron chi connectivity index (χ4n) is 2.77. The molecule has 1 aromatic carbocycles. The molecule has 1 aliphatic heterocycles. The van der Waals surface area contributed by atoms with Crippen LogP contribution in [0.5, 0.6) is 0 Å². The first kappa shape index (κ1) is 17.3. The average molecular weight is 319 g/mol. The zero-order chi connectivity index (χ0) is 16.7. The molecule has 2 amide bonds. The lowest BCUT2D eigenvalue weighted by molar-refractivity contribution is -0.119. The molecule has 0 bridgehead atoms. The van der Waals surface area contributed by atoms with Gasteiger partial charge in [0.2, 0.25) is 5.91 Å². The molecule has 1 fully saturated rings. The summed E-state index contributed by atoms with van der Waals surface area (Å²) >= 11 is 0. The fraction of sp³-hybridized carbons (Fsp3) is 0.529. The number of hydrogen-bond donors (Lipinski definition) is 3. The number of nitrogens with one attached hydrogen (secondary N) is 2. The smallest absolute Gasteiger partial charge is 0.256 e. The lowest BCUT2D eigenvalue weighted by atomic mass is 10.1. The molecule has 3 N–H and O–H groups in total. The number of hydrogen-bond acceptors (Lipinski definition) is 4. The monoisotopic (exact) mass is 319 g/mol. The van der Waals surface area contributed by atoms with Crippen molar-refractivity contribution in [1.29, 1.82) is 0 Å². The second-order valence-electron chi connectivity index (χ2n) is 5.73. The van der Waals surface area contributed by atoms with E-state index in [0.717, 1.165) is 19.3 Å². The first-order valence-electron chi connectivity index (χ1n) is 8.18. The summed E-state index contributed by atoms with van der Waals surface area (Å²) in [5.74, 6) is -0.192. The Hall–Kier alpha value is -2.08. The Bertz CT molecular complexity index is 548. The Kier molecular flexibility index (Phi) is 6.40. The predicted octanol–water partition coefficient (Wildman–Crippen LogP) is 1.22. The van der Waals surface area contributed by atoms with Crippen molar-refractivity contribution >= 4 is 17.5 Å². The third kappa shape index (κ3) is 4.45. The number of rotatable bonds is 7. The number of carbonyl (C=O) groups is 2. The maximum Gasteiger partial charge on any atom is 0.256 e. The van der Waals surface area contributed by atoms with Crippen molar-refractivity contribution in [3.05, 3.63) is 29.8 Å². The largest absolute Gasteiger partial charge is 0.394 e. The number of amides is 2. The number of carbonyl (C=O) groups excluding carboxylic acids is 2. The summed E-state index contributed by atoms with van der Waals surface area (Å²) in [6, 6.07) is 7.07. The summed E-state index contributed by atoms with van der Waals surface area (Å²) in [5.41, 5.74) is 1.18. The highest BCUT2D eigenvalue weighted by Crippen LogP contribution is 2.23. The van der Waals surface area contributed by atoms with Crippen LogP contribution >= 0.6 is 0 Å². The van der Waals surface area contributed by atoms with Crippen LogP contribution in [0.25, 0.3) is 0 Å². The maximum atomic E-state index is 12.7. The second-order valence-corrected chi connectivity index (χ2v) is 5.73.